The zero-order valence-corrected chi connectivity index (χ0v) is 9.81. The van der Waals surface area contributed by atoms with E-state index in [1.54, 1.807) is 0 Å². The lowest BCUT2D eigenvalue weighted by Gasteiger charge is -2.14. The normalized spacial score (nSPS) is 20.5. The maximum atomic E-state index is 10.5. The molecule has 1 aliphatic heterocycles. The van der Waals surface area contributed by atoms with E-state index in [-0.39, 0.29) is 6.10 Å². The van der Waals surface area contributed by atoms with Crippen LogP contribution in [-0.4, -0.2) is 49.0 Å². The predicted octanol–water partition coefficient (Wildman–Crippen LogP) is 0.568. The van der Waals surface area contributed by atoms with Gasteiger partial charge in [-0.2, -0.15) is 0 Å². The van der Waals surface area contributed by atoms with Crippen LogP contribution in [0.1, 0.15) is 20.3 Å². The number of carbonyl (C=O) groups excluding carboxylic acids is 1. The summed E-state index contributed by atoms with van der Waals surface area (Å²) in [5.41, 5.74) is 5.85. The molecule has 0 aromatic carbocycles. The number of rotatable bonds is 5. The second-order valence-electron chi connectivity index (χ2n) is 4.02. The van der Waals surface area contributed by atoms with E-state index in [1.165, 1.54) is 0 Å². The van der Waals surface area contributed by atoms with Gasteiger partial charge in [-0.1, -0.05) is 5.16 Å². The number of nitrogens with zero attached hydrogens (tertiary/aromatic N) is 2. The fourth-order valence-corrected chi connectivity index (χ4v) is 1.61. The van der Waals surface area contributed by atoms with Gasteiger partial charge in [0, 0.05) is 19.6 Å². The summed E-state index contributed by atoms with van der Waals surface area (Å²) >= 11 is 0. The minimum atomic E-state index is -0.700. The number of ether oxygens (including phenoxy) is 1. The van der Waals surface area contributed by atoms with Crippen LogP contribution in [0.4, 0.5) is 4.79 Å². The second kappa shape index (κ2) is 6.32. The highest BCUT2D eigenvalue weighted by Gasteiger charge is 2.24. The van der Waals surface area contributed by atoms with Gasteiger partial charge in [-0.05, 0) is 20.3 Å². The summed E-state index contributed by atoms with van der Waals surface area (Å²) in [6, 6.07) is 0. The van der Waals surface area contributed by atoms with Crippen LogP contribution in [0.3, 0.4) is 0 Å². The molecule has 0 spiro atoms. The average Bonchev–Trinajstić information content (AvgIpc) is 2.59. The Hall–Kier alpha value is -1.30. The van der Waals surface area contributed by atoms with Gasteiger partial charge in [-0.25, -0.2) is 4.79 Å². The lowest BCUT2D eigenvalue weighted by molar-refractivity contribution is 0.0960. The summed E-state index contributed by atoms with van der Waals surface area (Å²) in [6.45, 7) is 6.72. The molecule has 2 N–H and O–H groups in total. The fraction of sp³-hybridized carbons (Fsp3) is 0.800. The first kappa shape index (κ1) is 12.8. The molecular weight excluding hydrogens is 210 g/mol. The molecule has 1 saturated heterocycles. The topological polar surface area (TPSA) is 77.2 Å². The minimum absolute atomic E-state index is 0.0751. The monoisotopic (exact) mass is 229 g/mol. The molecule has 0 aliphatic carbocycles. The Bertz CT molecular complexity index is 264. The van der Waals surface area contributed by atoms with Crippen LogP contribution in [0.5, 0.6) is 0 Å². The highest BCUT2D eigenvalue weighted by atomic mass is 16.6. The van der Waals surface area contributed by atoms with Gasteiger partial charge in [-0.15, -0.1) is 0 Å². The van der Waals surface area contributed by atoms with Crippen molar-refractivity contribution in [1.29, 1.82) is 0 Å². The third-order valence-corrected chi connectivity index (χ3v) is 2.26. The fourth-order valence-electron chi connectivity index (χ4n) is 1.61. The summed E-state index contributed by atoms with van der Waals surface area (Å²) < 4.78 is 4.91. The number of carbonyl (C=O) groups is 1. The molecule has 1 fully saturated rings. The molecule has 1 amide bonds. The van der Waals surface area contributed by atoms with Gasteiger partial charge in [0.15, 0.2) is 0 Å². The van der Waals surface area contributed by atoms with Gasteiger partial charge in [0.1, 0.15) is 12.7 Å². The Morgan fingerprint density at radius 3 is 2.94 bits per heavy atom. The molecule has 1 heterocycles. The van der Waals surface area contributed by atoms with E-state index < -0.39 is 6.09 Å². The van der Waals surface area contributed by atoms with E-state index in [2.05, 4.69) is 10.1 Å². The molecule has 92 valence electrons. The first-order chi connectivity index (χ1) is 7.58. The SMILES string of the molecule is CC(C)=NOCCN1CC[C@@H](OC(N)=O)C1. The number of amides is 1. The molecule has 1 aliphatic rings. The predicted molar refractivity (Wildman–Crippen MR) is 60.2 cm³/mol. The third kappa shape index (κ3) is 4.97. The summed E-state index contributed by atoms with van der Waals surface area (Å²) in [5, 5.41) is 3.84. The Balaban J connectivity index is 2.12. The molecule has 6 heteroatoms. The highest BCUT2D eigenvalue weighted by molar-refractivity contribution is 5.78. The lowest BCUT2D eigenvalue weighted by Crippen LogP contribution is -2.29. The number of oxime groups is 1. The van der Waals surface area contributed by atoms with Crippen LogP contribution in [0.15, 0.2) is 5.16 Å². The molecule has 16 heavy (non-hydrogen) atoms. The third-order valence-electron chi connectivity index (χ3n) is 2.26. The van der Waals surface area contributed by atoms with E-state index in [0.29, 0.717) is 6.61 Å². The van der Waals surface area contributed by atoms with Crippen molar-refractivity contribution in [2.75, 3.05) is 26.2 Å². The number of likely N-dealkylation sites (tertiary alicyclic amines) is 1. The zero-order chi connectivity index (χ0) is 12.0. The van der Waals surface area contributed by atoms with Crippen molar-refractivity contribution in [3.05, 3.63) is 0 Å². The number of hydrogen-bond acceptors (Lipinski definition) is 5. The Kier molecular flexibility index (Phi) is 5.04. The van der Waals surface area contributed by atoms with Crippen molar-refractivity contribution in [3.63, 3.8) is 0 Å². The number of nitrogens with two attached hydrogens (primary N) is 1. The number of primary amides is 1. The van der Waals surface area contributed by atoms with Crippen molar-refractivity contribution in [3.8, 4) is 0 Å². The van der Waals surface area contributed by atoms with Crippen LogP contribution < -0.4 is 5.73 Å². The van der Waals surface area contributed by atoms with Gasteiger partial charge in [0.2, 0.25) is 0 Å². The molecule has 1 atom stereocenters. The van der Waals surface area contributed by atoms with E-state index in [0.717, 1.165) is 31.8 Å². The molecule has 1 rings (SSSR count). The van der Waals surface area contributed by atoms with Gasteiger partial charge in [-0.3, -0.25) is 4.90 Å². The van der Waals surface area contributed by atoms with Crippen molar-refractivity contribution in [2.45, 2.75) is 26.4 Å². The Morgan fingerprint density at radius 2 is 2.31 bits per heavy atom. The van der Waals surface area contributed by atoms with Crippen molar-refractivity contribution >= 4 is 11.8 Å². The minimum Gasteiger partial charge on any atom is -0.445 e. The standard InChI is InChI=1S/C10H19N3O3/c1-8(2)12-15-6-5-13-4-3-9(7-13)16-10(11)14/h9H,3-7H2,1-2H3,(H2,11,14)/t9-/m1/s1. The van der Waals surface area contributed by atoms with E-state index >= 15 is 0 Å². The Labute approximate surface area is 95.4 Å². The molecule has 0 saturated carbocycles. The van der Waals surface area contributed by atoms with Crippen LogP contribution in [0.25, 0.3) is 0 Å². The summed E-state index contributed by atoms with van der Waals surface area (Å²) in [6.07, 6.45) is 0.0576. The molecule has 0 aromatic rings. The maximum absolute atomic E-state index is 10.5. The van der Waals surface area contributed by atoms with E-state index in [9.17, 15) is 4.79 Å². The van der Waals surface area contributed by atoms with Crippen LogP contribution in [-0.2, 0) is 9.57 Å². The maximum Gasteiger partial charge on any atom is 0.404 e. The molecule has 0 unspecified atom stereocenters. The number of hydrogen-bond donors (Lipinski definition) is 1. The smallest absolute Gasteiger partial charge is 0.404 e. The van der Waals surface area contributed by atoms with E-state index in [1.807, 2.05) is 13.8 Å². The molecule has 0 radical (unpaired) electrons. The van der Waals surface area contributed by atoms with Crippen LogP contribution in [0.2, 0.25) is 0 Å². The Morgan fingerprint density at radius 1 is 1.56 bits per heavy atom. The van der Waals surface area contributed by atoms with Crippen LogP contribution >= 0.6 is 0 Å². The van der Waals surface area contributed by atoms with Crippen LogP contribution in [0, 0.1) is 0 Å². The van der Waals surface area contributed by atoms with Gasteiger partial charge in [0.05, 0.1) is 5.71 Å². The van der Waals surface area contributed by atoms with Gasteiger partial charge >= 0.3 is 6.09 Å². The molecule has 0 bridgehead atoms. The molecule has 0 aromatic heterocycles. The lowest BCUT2D eigenvalue weighted by atomic mass is 10.3. The molecular formula is C10H19N3O3. The van der Waals surface area contributed by atoms with Gasteiger partial charge < -0.3 is 15.3 Å². The second-order valence-corrected chi connectivity index (χ2v) is 4.02. The average molecular weight is 229 g/mol. The quantitative estimate of drug-likeness (QED) is 0.424. The first-order valence-corrected chi connectivity index (χ1v) is 5.39. The highest BCUT2D eigenvalue weighted by Crippen LogP contribution is 2.11. The van der Waals surface area contributed by atoms with Crippen molar-refractivity contribution < 1.29 is 14.4 Å². The zero-order valence-electron chi connectivity index (χ0n) is 9.81. The van der Waals surface area contributed by atoms with Crippen molar-refractivity contribution in [1.82, 2.24) is 4.90 Å². The van der Waals surface area contributed by atoms with Gasteiger partial charge in [0.25, 0.3) is 0 Å². The van der Waals surface area contributed by atoms with E-state index in [4.69, 9.17) is 15.3 Å². The molecule has 6 nitrogen and oxygen atoms in total. The van der Waals surface area contributed by atoms with Crippen molar-refractivity contribution in [2.24, 2.45) is 10.9 Å². The summed E-state index contributed by atoms with van der Waals surface area (Å²) in [5.74, 6) is 0. The largest absolute Gasteiger partial charge is 0.445 e. The first-order valence-electron chi connectivity index (χ1n) is 5.39. The summed E-state index contributed by atoms with van der Waals surface area (Å²) in [7, 11) is 0. The summed E-state index contributed by atoms with van der Waals surface area (Å²) in [4.78, 5) is 17.8.